The first-order valence-electron chi connectivity index (χ1n) is 12.3. The Hall–Kier alpha value is -3.16. The highest BCUT2D eigenvalue weighted by molar-refractivity contribution is 6.41. The molecule has 1 amide bonds. The number of ether oxygens (including phenoxy) is 1. The number of nitrogens with two attached hydrogens (primary N) is 1. The van der Waals surface area contributed by atoms with Crippen molar-refractivity contribution in [3.63, 3.8) is 0 Å². The molecular formula is C28H29ClN4O3. The summed E-state index contributed by atoms with van der Waals surface area (Å²) in [5, 5.41) is 4.46. The molecule has 0 bridgehead atoms. The van der Waals surface area contributed by atoms with Gasteiger partial charge in [-0.2, -0.15) is 0 Å². The first kappa shape index (κ1) is 23.3. The SMILES string of the molecule is COC1CCC2(CC1)Cc1ccc(NC(=O)c3oc4ccc(Cl)cc4c3C)cc1C21N=C(C)C(N)=N1. The quantitative estimate of drug-likeness (QED) is 0.473. The molecule has 3 aliphatic rings. The monoisotopic (exact) mass is 504 g/mol. The lowest BCUT2D eigenvalue weighted by Gasteiger charge is -2.44. The number of methoxy groups -OCH3 is 1. The Morgan fingerprint density at radius 1 is 1.17 bits per heavy atom. The number of anilines is 1. The number of benzene rings is 2. The number of halogens is 1. The summed E-state index contributed by atoms with van der Waals surface area (Å²) >= 11 is 6.14. The summed E-state index contributed by atoms with van der Waals surface area (Å²) < 4.78 is 11.5. The molecule has 1 aliphatic heterocycles. The lowest BCUT2D eigenvalue weighted by atomic mass is 9.65. The second kappa shape index (κ2) is 8.18. The smallest absolute Gasteiger partial charge is 0.291 e. The van der Waals surface area contributed by atoms with E-state index in [0.717, 1.165) is 54.3 Å². The highest BCUT2D eigenvalue weighted by atomic mass is 35.5. The molecule has 8 heteroatoms. The van der Waals surface area contributed by atoms with Crippen molar-refractivity contribution in [1.82, 2.24) is 0 Å². The summed E-state index contributed by atoms with van der Waals surface area (Å²) in [6, 6.07) is 11.4. The third kappa shape index (κ3) is 3.33. The van der Waals surface area contributed by atoms with Gasteiger partial charge >= 0.3 is 0 Å². The second-order valence-corrected chi connectivity index (χ2v) is 10.7. The van der Waals surface area contributed by atoms with Crippen LogP contribution in [-0.4, -0.2) is 30.7 Å². The number of aryl methyl sites for hydroxylation is 1. The van der Waals surface area contributed by atoms with E-state index in [9.17, 15) is 4.79 Å². The first-order valence-corrected chi connectivity index (χ1v) is 12.7. The summed E-state index contributed by atoms with van der Waals surface area (Å²) in [5.41, 5.74) is 10.4. The number of aliphatic imine (C=N–C) groups is 2. The molecule has 2 spiro atoms. The van der Waals surface area contributed by atoms with E-state index >= 15 is 0 Å². The normalized spacial score (nSPS) is 26.9. The highest BCUT2D eigenvalue weighted by Crippen LogP contribution is 2.62. The predicted molar refractivity (Wildman–Crippen MR) is 142 cm³/mol. The summed E-state index contributed by atoms with van der Waals surface area (Å²) in [4.78, 5) is 23.4. The molecular weight excluding hydrogens is 476 g/mol. The molecule has 2 aliphatic carbocycles. The zero-order valence-electron chi connectivity index (χ0n) is 20.7. The maximum Gasteiger partial charge on any atom is 0.291 e. The average molecular weight is 505 g/mol. The number of nitrogens with one attached hydrogen (secondary N) is 1. The van der Waals surface area contributed by atoms with Crippen LogP contribution in [0.5, 0.6) is 0 Å². The van der Waals surface area contributed by atoms with E-state index in [0.29, 0.717) is 22.1 Å². The van der Waals surface area contributed by atoms with Gasteiger partial charge < -0.3 is 20.2 Å². The van der Waals surface area contributed by atoms with Gasteiger partial charge in [0.05, 0.1) is 11.8 Å². The van der Waals surface area contributed by atoms with Gasteiger partial charge in [-0.3, -0.25) is 9.79 Å². The number of rotatable bonds is 3. The number of hydrogen-bond acceptors (Lipinski definition) is 6. The lowest BCUT2D eigenvalue weighted by molar-refractivity contribution is -0.000372. The van der Waals surface area contributed by atoms with Crippen LogP contribution in [0.4, 0.5) is 5.69 Å². The maximum atomic E-state index is 13.2. The number of nitrogens with zero attached hydrogens (tertiary/aromatic N) is 2. The van der Waals surface area contributed by atoms with E-state index in [4.69, 9.17) is 36.5 Å². The van der Waals surface area contributed by atoms with Gasteiger partial charge in [0.25, 0.3) is 5.91 Å². The topological polar surface area (TPSA) is 102 Å². The van der Waals surface area contributed by atoms with E-state index in [1.807, 2.05) is 32.0 Å². The highest BCUT2D eigenvalue weighted by Gasteiger charge is 2.60. The molecule has 1 atom stereocenters. The van der Waals surface area contributed by atoms with Gasteiger partial charge in [-0.25, -0.2) is 4.99 Å². The summed E-state index contributed by atoms with van der Waals surface area (Å²) in [5.74, 6) is 0.451. The molecule has 3 aromatic rings. The van der Waals surface area contributed by atoms with Crippen molar-refractivity contribution < 1.29 is 13.9 Å². The largest absolute Gasteiger partial charge is 0.451 e. The molecule has 1 aromatic heterocycles. The molecule has 6 rings (SSSR count). The minimum atomic E-state index is -0.762. The van der Waals surface area contributed by atoms with Gasteiger partial charge in [0.1, 0.15) is 11.4 Å². The van der Waals surface area contributed by atoms with Crippen LogP contribution in [0.25, 0.3) is 11.0 Å². The van der Waals surface area contributed by atoms with Gasteiger partial charge in [0.15, 0.2) is 11.4 Å². The van der Waals surface area contributed by atoms with Gasteiger partial charge in [-0.05, 0) is 81.8 Å². The Bertz CT molecular complexity index is 1440. The minimum Gasteiger partial charge on any atom is -0.451 e. The molecule has 186 valence electrons. The molecule has 2 aromatic carbocycles. The van der Waals surface area contributed by atoms with E-state index in [1.165, 1.54) is 5.56 Å². The fourth-order valence-electron chi connectivity index (χ4n) is 6.35. The van der Waals surface area contributed by atoms with Crippen molar-refractivity contribution in [2.24, 2.45) is 21.1 Å². The van der Waals surface area contributed by atoms with Crippen LogP contribution in [0.15, 0.2) is 50.8 Å². The van der Waals surface area contributed by atoms with Crippen molar-refractivity contribution in [3.8, 4) is 0 Å². The van der Waals surface area contributed by atoms with Gasteiger partial charge in [-0.1, -0.05) is 17.7 Å². The molecule has 1 unspecified atom stereocenters. The van der Waals surface area contributed by atoms with Crippen LogP contribution in [-0.2, 0) is 16.8 Å². The van der Waals surface area contributed by atoms with Gasteiger partial charge in [0, 0.05) is 39.7 Å². The third-order valence-corrected chi connectivity index (χ3v) is 8.56. The van der Waals surface area contributed by atoms with E-state index in [-0.39, 0.29) is 23.2 Å². The number of amidine groups is 1. The summed E-state index contributed by atoms with van der Waals surface area (Å²) in [6.07, 6.45) is 4.99. The van der Waals surface area contributed by atoms with E-state index in [1.54, 1.807) is 19.2 Å². The minimum absolute atomic E-state index is 0.149. The fourth-order valence-corrected chi connectivity index (χ4v) is 6.52. The molecule has 36 heavy (non-hydrogen) atoms. The zero-order chi connectivity index (χ0) is 25.2. The van der Waals surface area contributed by atoms with E-state index in [2.05, 4.69) is 11.4 Å². The van der Waals surface area contributed by atoms with Gasteiger partial charge in [-0.15, -0.1) is 0 Å². The maximum absolute atomic E-state index is 13.2. The Balaban J connectivity index is 1.36. The number of hydrogen-bond donors (Lipinski definition) is 2. The van der Waals surface area contributed by atoms with Crippen LogP contribution in [0.3, 0.4) is 0 Å². The van der Waals surface area contributed by atoms with Crippen molar-refractivity contribution in [1.29, 1.82) is 0 Å². The molecule has 1 saturated carbocycles. The Kier molecular flexibility index (Phi) is 5.28. The van der Waals surface area contributed by atoms with Crippen LogP contribution in [0, 0.1) is 12.3 Å². The van der Waals surface area contributed by atoms with Crippen molar-refractivity contribution in [2.45, 2.75) is 57.7 Å². The second-order valence-electron chi connectivity index (χ2n) is 10.3. The Morgan fingerprint density at radius 3 is 2.64 bits per heavy atom. The molecule has 7 nitrogen and oxygen atoms in total. The molecule has 1 fully saturated rings. The van der Waals surface area contributed by atoms with Crippen LogP contribution >= 0.6 is 11.6 Å². The number of fused-ring (bicyclic) bond motifs is 4. The average Bonchev–Trinajstić information content (AvgIpc) is 3.44. The summed E-state index contributed by atoms with van der Waals surface area (Å²) in [7, 11) is 1.78. The van der Waals surface area contributed by atoms with Crippen molar-refractivity contribution >= 4 is 45.7 Å². The Morgan fingerprint density at radius 2 is 1.94 bits per heavy atom. The molecule has 2 heterocycles. The number of furan rings is 1. The first-order chi connectivity index (χ1) is 17.2. The number of carbonyl (C=O) groups is 1. The van der Waals surface area contributed by atoms with Crippen molar-refractivity contribution in [2.75, 3.05) is 12.4 Å². The lowest BCUT2D eigenvalue weighted by Crippen LogP contribution is -2.43. The Labute approximate surface area is 214 Å². The van der Waals surface area contributed by atoms with Crippen LogP contribution < -0.4 is 11.1 Å². The molecule has 0 saturated heterocycles. The molecule has 3 N–H and O–H groups in total. The predicted octanol–water partition coefficient (Wildman–Crippen LogP) is 5.76. The van der Waals surface area contributed by atoms with E-state index < -0.39 is 5.66 Å². The zero-order valence-corrected chi connectivity index (χ0v) is 21.4. The van der Waals surface area contributed by atoms with Crippen LogP contribution in [0.1, 0.15) is 59.9 Å². The third-order valence-electron chi connectivity index (χ3n) is 8.32. The number of amides is 1. The van der Waals surface area contributed by atoms with Crippen molar-refractivity contribution in [3.05, 3.63) is 63.9 Å². The summed E-state index contributed by atoms with van der Waals surface area (Å²) in [6.45, 7) is 3.78. The number of carbonyl (C=O) groups excluding carboxylic acids is 1. The standard InChI is InChI=1S/C28H29ClN4O3/c1-15-21-12-18(29)5-7-23(21)36-24(15)26(34)31-19-6-4-17-14-27(10-8-20(35-3)9-11-27)28(22(17)13-19)32-16(2)25(30)33-28/h4-7,12-13,20H,8-11,14H2,1-3H3,(H2,30,33)(H,31,34). The molecule has 0 radical (unpaired) electrons. The fraction of sp³-hybridized carbons (Fsp3) is 0.393. The van der Waals surface area contributed by atoms with Crippen LogP contribution in [0.2, 0.25) is 5.02 Å². The van der Waals surface area contributed by atoms with Gasteiger partial charge in [0.2, 0.25) is 0 Å².